The standard InChI is InChI=1S/C17H27NO2/c1-11-7-13(5-6-19-11)18-15-9-17(3,4)10-16-14(15)8-12(2)20-16/h8,11,13,15,18H,5-7,9-10H2,1-4H3. The van der Waals surface area contributed by atoms with E-state index in [1.807, 2.05) is 0 Å². The maximum Gasteiger partial charge on any atom is 0.109 e. The summed E-state index contributed by atoms with van der Waals surface area (Å²) in [6, 6.07) is 3.23. The number of hydrogen-bond donors (Lipinski definition) is 1. The van der Waals surface area contributed by atoms with Crippen molar-refractivity contribution >= 4 is 0 Å². The molecule has 3 heteroatoms. The largest absolute Gasteiger partial charge is 0.466 e. The van der Waals surface area contributed by atoms with Gasteiger partial charge in [-0.15, -0.1) is 0 Å². The lowest BCUT2D eigenvalue weighted by Gasteiger charge is -2.38. The minimum atomic E-state index is 0.311. The topological polar surface area (TPSA) is 34.4 Å². The Morgan fingerprint density at radius 2 is 2.15 bits per heavy atom. The van der Waals surface area contributed by atoms with Gasteiger partial charge in [-0.3, -0.25) is 0 Å². The van der Waals surface area contributed by atoms with E-state index in [2.05, 4.69) is 39.1 Å². The monoisotopic (exact) mass is 277 g/mol. The fourth-order valence-electron chi connectivity index (χ4n) is 3.77. The summed E-state index contributed by atoms with van der Waals surface area (Å²) >= 11 is 0. The summed E-state index contributed by atoms with van der Waals surface area (Å²) < 4.78 is 11.6. The number of ether oxygens (including phenoxy) is 1. The molecule has 0 radical (unpaired) electrons. The Kier molecular flexibility index (Phi) is 3.67. The summed E-state index contributed by atoms with van der Waals surface area (Å²) in [4.78, 5) is 0. The molecule has 3 rings (SSSR count). The first-order chi connectivity index (χ1) is 9.43. The van der Waals surface area contributed by atoms with Crippen molar-refractivity contribution in [2.75, 3.05) is 6.61 Å². The number of furan rings is 1. The number of nitrogens with one attached hydrogen (secondary N) is 1. The number of fused-ring (bicyclic) bond motifs is 1. The van der Waals surface area contributed by atoms with Crippen molar-refractivity contribution in [1.29, 1.82) is 0 Å². The quantitative estimate of drug-likeness (QED) is 0.894. The van der Waals surface area contributed by atoms with Crippen LogP contribution in [0.25, 0.3) is 0 Å². The van der Waals surface area contributed by atoms with Crippen molar-refractivity contribution in [1.82, 2.24) is 5.32 Å². The Balaban J connectivity index is 1.78. The van der Waals surface area contributed by atoms with Crippen molar-refractivity contribution < 1.29 is 9.15 Å². The molecule has 0 aromatic carbocycles. The van der Waals surface area contributed by atoms with E-state index in [9.17, 15) is 0 Å². The smallest absolute Gasteiger partial charge is 0.109 e. The molecule has 1 aliphatic carbocycles. The number of aryl methyl sites for hydroxylation is 1. The maximum atomic E-state index is 5.92. The van der Waals surface area contributed by atoms with Crippen LogP contribution in [0.2, 0.25) is 0 Å². The van der Waals surface area contributed by atoms with Crippen LogP contribution >= 0.6 is 0 Å². The van der Waals surface area contributed by atoms with Crippen LogP contribution in [-0.4, -0.2) is 18.8 Å². The van der Waals surface area contributed by atoms with Crippen molar-refractivity contribution in [3.63, 3.8) is 0 Å². The Morgan fingerprint density at radius 3 is 2.90 bits per heavy atom. The molecule has 1 aromatic heterocycles. The minimum absolute atomic E-state index is 0.311. The lowest BCUT2D eigenvalue weighted by atomic mass is 9.74. The van der Waals surface area contributed by atoms with E-state index >= 15 is 0 Å². The fraction of sp³-hybridized carbons (Fsp3) is 0.765. The molecule has 1 aliphatic heterocycles. The first-order valence-corrected chi connectivity index (χ1v) is 7.90. The van der Waals surface area contributed by atoms with Gasteiger partial charge in [0.25, 0.3) is 0 Å². The molecule has 2 aliphatic rings. The summed E-state index contributed by atoms with van der Waals surface area (Å²) in [5, 5.41) is 3.87. The van der Waals surface area contributed by atoms with Crippen molar-refractivity contribution in [3.8, 4) is 0 Å². The van der Waals surface area contributed by atoms with Crippen LogP contribution < -0.4 is 5.32 Å². The number of rotatable bonds is 2. The van der Waals surface area contributed by atoms with Crippen LogP contribution in [0.15, 0.2) is 10.5 Å². The van der Waals surface area contributed by atoms with Crippen LogP contribution in [0.1, 0.15) is 63.2 Å². The summed E-state index contributed by atoms with van der Waals surface area (Å²) in [7, 11) is 0. The fourth-order valence-corrected chi connectivity index (χ4v) is 3.77. The first-order valence-electron chi connectivity index (χ1n) is 7.90. The molecular weight excluding hydrogens is 250 g/mol. The van der Waals surface area contributed by atoms with Gasteiger partial charge in [0.05, 0.1) is 6.10 Å². The molecule has 0 amide bonds. The molecule has 20 heavy (non-hydrogen) atoms. The van der Waals surface area contributed by atoms with Gasteiger partial charge in [-0.25, -0.2) is 0 Å². The Labute approximate surface area is 122 Å². The third-order valence-electron chi connectivity index (χ3n) is 4.66. The Bertz CT molecular complexity index is 477. The highest BCUT2D eigenvalue weighted by atomic mass is 16.5. The van der Waals surface area contributed by atoms with E-state index in [4.69, 9.17) is 9.15 Å². The predicted molar refractivity (Wildman–Crippen MR) is 79.9 cm³/mol. The van der Waals surface area contributed by atoms with Gasteiger partial charge in [-0.1, -0.05) is 13.8 Å². The third kappa shape index (κ3) is 2.94. The lowest BCUT2D eigenvalue weighted by Crippen LogP contribution is -2.42. The SMILES string of the molecule is Cc1cc2c(o1)CC(C)(C)CC2NC1CCOC(C)C1. The highest BCUT2D eigenvalue weighted by Gasteiger charge is 2.36. The highest BCUT2D eigenvalue weighted by molar-refractivity contribution is 5.29. The van der Waals surface area contributed by atoms with E-state index in [0.717, 1.165) is 31.6 Å². The van der Waals surface area contributed by atoms with Crippen LogP contribution in [0.5, 0.6) is 0 Å². The van der Waals surface area contributed by atoms with Gasteiger partial charge in [0, 0.05) is 30.7 Å². The molecule has 3 atom stereocenters. The molecule has 0 saturated carbocycles. The van der Waals surface area contributed by atoms with Crippen LogP contribution in [0, 0.1) is 12.3 Å². The van der Waals surface area contributed by atoms with Gasteiger partial charge in [-0.2, -0.15) is 0 Å². The zero-order valence-electron chi connectivity index (χ0n) is 13.2. The summed E-state index contributed by atoms with van der Waals surface area (Å²) in [5.74, 6) is 2.23. The van der Waals surface area contributed by atoms with Gasteiger partial charge in [0.1, 0.15) is 11.5 Å². The van der Waals surface area contributed by atoms with Gasteiger partial charge in [0.15, 0.2) is 0 Å². The second-order valence-electron chi connectivity index (χ2n) is 7.40. The van der Waals surface area contributed by atoms with Crippen molar-refractivity contribution in [2.24, 2.45) is 5.41 Å². The summed E-state index contributed by atoms with van der Waals surface area (Å²) in [5.41, 5.74) is 1.70. The molecule has 1 saturated heterocycles. The summed E-state index contributed by atoms with van der Waals surface area (Å²) in [6.07, 6.45) is 4.85. The molecular formula is C17H27NO2. The zero-order valence-corrected chi connectivity index (χ0v) is 13.2. The van der Waals surface area contributed by atoms with Crippen molar-refractivity contribution in [2.45, 2.75) is 71.6 Å². The van der Waals surface area contributed by atoms with Crippen LogP contribution in [0.3, 0.4) is 0 Å². The normalized spacial score (nSPS) is 32.9. The maximum absolute atomic E-state index is 5.92. The second-order valence-corrected chi connectivity index (χ2v) is 7.40. The molecule has 1 N–H and O–H groups in total. The molecule has 1 aromatic rings. The van der Waals surface area contributed by atoms with E-state index in [1.165, 1.54) is 17.7 Å². The van der Waals surface area contributed by atoms with Crippen molar-refractivity contribution in [3.05, 3.63) is 23.2 Å². The van der Waals surface area contributed by atoms with Crippen LogP contribution in [-0.2, 0) is 11.2 Å². The predicted octanol–water partition coefficient (Wildman–Crippen LogP) is 3.76. The van der Waals surface area contributed by atoms with E-state index in [0.29, 0.717) is 23.6 Å². The molecule has 3 unspecified atom stereocenters. The molecule has 0 bridgehead atoms. The van der Waals surface area contributed by atoms with E-state index < -0.39 is 0 Å². The molecule has 2 heterocycles. The average molecular weight is 277 g/mol. The van der Waals surface area contributed by atoms with Gasteiger partial charge < -0.3 is 14.5 Å². The lowest BCUT2D eigenvalue weighted by molar-refractivity contribution is 0.00958. The van der Waals surface area contributed by atoms with E-state index in [-0.39, 0.29) is 0 Å². The van der Waals surface area contributed by atoms with Gasteiger partial charge in [-0.05, 0) is 44.6 Å². The Hall–Kier alpha value is -0.800. The third-order valence-corrected chi connectivity index (χ3v) is 4.66. The highest BCUT2D eigenvalue weighted by Crippen LogP contribution is 2.42. The first kappa shape index (κ1) is 14.2. The van der Waals surface area contributed by atoms with Gasteiger partial charge >= 0.3 is 0 Å². The molecule has 1 fully saturated rings. The zero-order chi connectivity index (χ0) is 14.3. The van der Waals surface area contributed by atoms with E-state index in [1.54, 1.807) is 0 Å². The average Bonchev–Trinajstić information content (AvgIpc) is 2.68. The second kappa shape index (κ2) is 5.19. The Morgan fingerprint density at radius 1 is 1.35 bits per heavy atom. The van der Waals surface area contributed by atoms with Gasteiger partial charge in [0.2, 0.25) is 0 Å². The molecule has 112 valence electrons. The number of hydrogen-bond acceptors (Lipinski definition) is 3. The minimum Gasteiger partial charge on any atom is -0.466 e. The van der Waals surface area contributed by atoms with Crippen LogP contribution in [0.4, 0.5) is 0 Å². The molecule has 3 nitrogen and oxygen atoms in total. The summed E-state index contributed by atoms with van der Waals surface area (Å²) in [6.45, 7) is 9.79. The molecule has 0 spiro atoms.